The lowest BCUT2D eigenvalue weighted by Gasteiger charge is -2.33. The maximum atomic E-state index is 12.5. The number of carbonyl (C=O) groups is 2. The van der Waals surface area contributed by atoms with Gasteiger partial charge in [0.15, 0.2) is 17.3 Å². The van der Waals surface area contributed by atoms with Crippen molar-refractivity contribution < 1.29 is 28.2 Å². The van der Waals surface area contributed by atoms with Crippen LogP contribution in [0.5, 0.6) is 17.2 Å². The molecule has 1 aromatic heterocycles. The average molecular weight is 398 g/mol. The van der Waals surface area contributed by atoms with Crippen molar-refractivity contribution in [2.75, 3.05) is 46.5 Å². The van der Waals surface area contributed by atoms with E-state index in [0.29, 0.717) is 62.4 Å². The Bertz CT molecular complexity index is 896. The molecule has 2 aliphatic heterocycles. The van der Waals surface area contributed by atoms with Crippen LogP contribution in [0.25, 0.3) is 6.08 Å². The summed E-state index contributed by atoms with van der Waals surface area (Å²) < 4.78 is 21.7. The van der Waals surface area contributed by atoms with Crippen LogP contribution in [0, 0.1) is 0 Å². The number of methoxy groups -OCH3 is 1. The highest BCUT2D eigenvalue weighted by Gasteiger charge is 2.25. The first kappa shape index (κ1) is 18.9. The molecule has 3 heterocycles. The Kier molecular flexibility index (Phi) is 5.41. The van der Waals surface area contributed by atoms with E-state index in [1.54, 1.807) is 41.2 Å². The Morgan fingerprint density at radius 1 is 1.07 bits per heavy atom. The molecule has 0 bridgehead atoms. The standard InChI is InChI=1S/C21H22N2O6/c1-26-17-13-15(14-18-20(17)29-12-11-28-18)4-5-19(24)22-6-8-23(9-7-22)21(25)16-3-2-10-27-16/h2-5,10,13-14H,6-9,11-12H2,1H3/b5-4+. The van der Waals surface area contributed by atoms with Crippen LogP contribution in [-0.4, -0.2) is 68.1 Å². The fourth-order valence-electron chi connectivity index (χ4n) is 3.35. The normalized spacial score (nSPS) is 16.2. The van der Waals surface area contributed by atoms with Gasteiger partial charge in [-0.15, -0.1) is 0 Å². The van der Waals surface area contributed by atoms with Crippen LogP contribution in [-0.2, 0) is 4.79 Å². The number of piperazine rings is 1. The van der Waals surface area contributed by atoms with Gasteiger partial charge in [0, 0.05) is 32.3 Å². The van der Waals surface area contributed by atoms with Crippen LogP contribution in [0.2, 0.25) is 0 Å². The fourth-order valence-corrected chi connectivity index (χ4v) is 3.35. The molecule has 1 aromatic carbocycles. The van der Waals surface area contributed by atoms with Crippen LogP contribution in [0.1, 0.15) is 16.1 Å². The summed E-state index contributed by atoms with van der Waals surface area (Å²) in [7, 11) is 1.57. The van der Waals surface area contributed by atoms with Crippen molar-refractivity contribution >= 4 is 17.9 Å². The van der Waals surface area contributed by atoms with Crippen LogP contribution >= 0.6 is 0 Å². The van der Waals surface area contributed by atoms with Crippen molar-refractivity contribution in [1.29, 1.82) is 0 Å². The summed E-state index contributed by atoms with van der Waals surface area (Å²) in [5, 5.41) is 0. The third-order valence-electron chi connectivity index (χ3n) is 4.88. The zero-order chi connectivity index (χ0) is 20.2. The van der Waals surface area contributed by atoms with Crippen LogP contribution in [0.4, 0.5) is 0 Å². The molecule has 0 saturated carbocycles. The number of furan rings is 1. The molecule has 2 amide bonds. The summed E-state index contributed by atoms with van der Waals surface area (Å²) >= 11 is 0. The van der Waals surface area contributed by atoms with Gasteiger partial charge in [0.2, 0.25) is 11.7 Å². The predicted octanol–water partition coefficient (Wildman–Crippen LogP) is 2.06. The molecule has 0 atom stereocenters. The number of nitrogens with zero attached hydrogens (tertiary/aromatic N) is 2. The highest BCUT2D eigenvalue weighted by molar-refractivity contribution is 5.93. The van der Waals surface area contributed by atoms with Crippen molar-refractivity contribution in [3.8, 4) is 17.2 Å². The summed E-state index contributed by atoms with van der Waals surface area (Å²) in [6.07, 6.45) is 4.73. The molecule has 1 saturated heterocycles. The Labute approximate surface area is 168 Å². The number of carbonyl (C=O) groups excluding carboxylic acids is 2. The molecule has 1 fully saturated rings. The highest BCUT2D eigenvalue weighted by atomic mass is 16.6. The van der Waals surface area contributed by atoms with E-state index in [-0.39, 0.29) is 11.8 Å². The highest BCUT2D eigenvalue weighted by Crippen LogP contribution is 2.40. The summed E-state index contributed by atoms with van der Waals surface area (Å²) in [6, 6.07) is 6.95. The topological polar surface area (TPSA) is 81.5 Å². The summed E-state index contributed by atoms with van der Waals surface area (Å²) in [4.78, 5) is 28.3. The van der Waals surface area contributed by atoms with Crippen LogP contribution < -0.4 is 14.2 Å². The Balaban J connectivity index is 1.37. The number of hydrogen-bond donors (Lipinski definition) is 0. The Morgan fingerprint density at radius 3 is 2.55 bits per heavy atom. The smallest absolute Gasteiger partial charge is 0.289 e. The number of benzene rings is 1. The van der Waals surface area contributed by atoms with Crippen molar-refractivity contribution in [3.05, 3.63) is 47.9 Å². The van der Waals surface area contributed by atoms with E-state index < -0.39 is 0 Å². The van der Waals surface area contributed by atoms with Gasteiger partial charge in [0.05, 0.1) is 13.4 Å². The second kappa shape index (κ2) is 8.30. The van der Waals surface area contributed by atoms with Gasteiger partial charge in [0.1, 0.15) is 13.2 Å². The minimum Gasteiger partial charge on any atom is -0.493 e. The molecule has 0 aliphatic carbocycles. The molecule has 2 aliphatic rings. The average Bonchev–Trinajstić information content (AvgIpc) is 3.31. The maximum Gasteiger partial charge on any atom is 0.289 e. The SMILES string of the molecule is COc1cc(/C=C/C(=O)N2CCN(C(=O)c3ccco3)CC2)cc2c1OCCO2. The number of fused-ring (bicyclic) bond motifs is 1. The van der Waals surface area contributed by atoms with Gasteiger partial charge in [-0.05, 0) is 35.9 Å². The number of rotatable bonds is 4. The molecule has 0 N–H and O–H groups in total. The first-order valence-corrected chi connectivity index (χ1v) is 9.43. The Morgan fingerprint density at radius 2 is 1.83 bits per heavy atom. The Hall–Kier alpha value is -3.42. The maximum absolute atomic E-state index is 12.5. The molecular weight excluding hydrogens is 376 g/mol. The van der Waals surface area contributed by atoms with Crippen molar-refractivity contribution in [2.45, 2.75) is 0 Å². The quantitative estimate of drug-likeness (QED) is 0.734. The van der Waals surface area contributed by atoms with Gasteiger partial charge in [0.25, 0.3) is 5.91 Å². The first-order chi connectivity index (χ1) is 14.2. The second-order valence-corrected chi connectivity index (χ2v) is 6.68. The molecule has 0 radical (unpaired) electrons. The van der Waals surface area contributed by atoms with E-state index >= 15 is 0 Å². The van der Waals surface area contributed by atoms with Gasteiger partial charge in [-0.1, -0.05) is 0 Å². The minimum atomic E-state index is -0.152. The molecule has 29 heavy (non-hydrogen) atoms. The summed E-state index contributed by atoms with van der Waals surface area (Å²) in [5.41, 5.74) is 0.783. The van der Waals surface area contributed by atoms with Gasteiger partial charge >= 0.3 is 0 Å². The van der Waals surface area contributed by atoms with Gasteiger partial charge < -0.3 is 28.4 Å². The van der Waals surface area contributed by atoms with E-state index in [1.807, 2.05) is 6.07 Å². The second-order valence-electron chi connectivity index (χ2n) is 6.68. The van der Waals surface area contributed by atoms with Crippen molar-refractivity contribution in [2.24, 2.45) is 0 Å². The summed E-state index contributed by atoms with van der Waals surface area (Å²) in [5.74, 6) is 1.81. The third kappa shape index (κ3) is 4.06. The van der Waals surface area contributed by atoms with Gasteiger partial charge in [-0.2, -0.15) is 0 Å². The summed E-state index contributed by atoms with van der Waals surface area (Å²) in [6.45, 7) is 2.84. The largest absolute Gasteiger partial charge is 0.493 e. The molecule has 0 unspecified atom stereocenters. The van der Waals surface area contributed by atoms with Crippen LogP contribution in [0.15, 0.2) is 41.0 Å². The van der Waals surface area contributed by atoms with E-state index in [0.717, 1.165) is 5.56 Å². The van der Waals surface area contributed by atoms with Crippen molar-refractivity contribution in [3.63, 3.8) is 0 Å². The minimum absolute atomic E-state index is 0.107. The number of ether oxygens (including phenoxy) is 3. The van der Waals surface area contributed by atoms with Gasteiger partial charge in [-0.3, -0.25) is 9.59 Å². The van der Waals surface area contributed by atoms with Gasteiger partial charge in [-0.25, -0.2) is 0 Å². The lowest BCUT2D eigenvalue weighted by Crippen LogP contribution is -2.50. The van der Waals surface area contributed by atoms with E-state index in [4.69, 9.17) is 18.6 Å². The third-order valence-corrected chi connectivity index (χ3v) is 4.88. The molecular formula is C21H22N2O6. The molecule has 8 nitrogen and oxygen atoms in total. The zero-order valence-corrected chi connectivity index (χ0v) is 16.1. The predicted molar refractivity (Wildman–Crippen MR) is 104 cm³/mol. The fraction of sp³-hybridized carbons (Fsp3) is 0.333. The lowest BCUT2D eigenvalue weighted by atomic mass is 10.1. The lowest BCUT2D eigenvalue weighted by molar-refractivity contribution is -0.127. The van der Waals surface area contributed by atoms with E-state index in [1.165, 1.54) is 12.3 Å². The van der Waals surface area contributed by atoms with Crippen LogP contribution in [0.3, 0.4) is 0 Å². The van der Waals surface area contributed by atoms with E-state index in [2.05, 4.69) is 0 Å². The molecule has 2 aromatic rings. The molecule has 8 heteroatoms. The number of amides is 2. The van der Waals surface area contributed by atoms with E-state index in [9.17, 15) is 9.59 Å². The monoisotopic (exact) mass is 398 g/mol. The van der Waals surface area contributed by atoms with Crippen molar-refractivity contribution in [1.82, 2.24) is 9.80 Å². The first-order valence-electron chi connectivity index (χ1n) is 9.43. The number of hydrogen-bond acceptors (Lipinski definition) is 6. The molecule has 4 rings (SSSR count). The molecule has 0 spiro atoms. The molecule has 152 valence electrons. The zero-order valence-electron chi connectivity index (χ0n) is 16.1.